The number of hydrogen-bond acceptors (Lipinski definition) is 2. The van der Waals surface area contributed by atoms with Gasteiger partial charge >= 0.3 is 0 Å². The number of imidazole rings is 1. The average Bonchev–Trinajstić information content (AvgIpc) is 2.90. The number of aromatic nitrogens is 2. The number of nitrogens with two attached hydrogens (primary N) is 1. The van der Waals surface area contributed by atoms with Crippen LogP contribution in [0.5, 0.6) is 0 Å². The van der Waals surface area contributed by atoms with Crippen LogP contribution in [0.25, 0.3) is 5.52 Å². The van der Waals surface area contributed by atoms with Gasteiger partial charge in [-0.15, -0.1) is 0 Å². The van der Waals surface area contributed by atoms with Crippen molar-refractivity contribution < 1.29 is 0 Å². The van der Waals surface area contributed by atoms with Crippen molar-refractivity contribution in [2.24, 2.45) is 5.73 Å². The quantitative estimate of drug-likeness (QED) is 0.938. The molecule has 0 atom stereocenters. The molecular weight excluding hydrogens is 266 g/mol. The highest BCUT2D eigenvalue weighted by atomic mass is 79.9. The van der Waals surface area contributed by atoms with Gasteiger partial charge in [-0.05, 0) is 53.2 Å². The van der Waals surface area contributed by atoms with Gasteiger partial charge in [0.25, 0.3) is 0 Å². The molecule has 4 heteroatoms. The summed E-state index contributed by atoms with van der Waals surface area (Å²) in [7, 11) is 0. The van der Waals surface area contributed by atoms with E-state index in [1.165, 1.54) is 23.9 Å². The number of pyridine rings is 1. The van der Waals surface area contributed by atoms with Crippen LogP contribution in [-0.4, -0.2) is 14.9 Å². The summed E-state index contributed by atoms with van der Waals surface area (Å²) in [5, 5.41) is 0. The zero-order valence-electron chi connectivity index (χ0n) is 8.99. The summed E-state index contributed by atoms with van der Waals surface area (Å²) in [4.78, 5) is 4.26. The molecule has 2 aromatic heterocycles. The fourth-order valence-electron chi connectivity index (χ4n) is 2.05. The van der Waals surface area contributed by atoms with Gasteiger partial charge in [0.2, 0.25) is 0 Å². The van der Waals surface area contributed by atoms with E-state index in [0.717, 1.165) is 17.6 Å². The summed E-state index contributed by atoms with van der Waals surface area (Å²) in [6.07, 6.45) is 8.41. The topological polar surface area (TPSA) is 43.3 Å². The Morgan fingerprint density at radius 1 is 1.50 bits per heavy atom. The van der Waals surface area contributed by atoms with Crippen molar-refractivity contribution in [3.63, 3.8) is 0 Å². The largest absolute Gasteiger partial charge is 0.325 e. The predicted molar refractivity (Wildman–Crippen MR) is 67.4 cm³/mol. The third-order valence-corrected chi connectivity index (χ3v) is 3.98. The molecule has 0 aliphatic heterocycles. The van der Waals surface area contributed by atoms with Crippen LogP contribution in [-0.2, 0) is 6.42 Å². The average molecular weight is 280 g/mol. The van der Waals surface area contributed by atoms with Crippen LogP contribution >= 0.6 is 15.9 Å². The number of hydrogen-bond donors (Lipinski definition) is 1. The van der Waals surface area contributed by atoms with E-state index in [2.05, 4.69) is 37.4 Å². The number of aryl methyl sites for hydroxylation is 1. The first-order chi connectivity index (χ1) is 7.68. The summed E-state index contributed by atoms with van der Waals surface area (Å²) in [5.41, 5.74) is 8.75. The maximum Gasteiger partial charge on any atom is 0.181 e. The molecule has 0 radical (unpaired) electrons. The van der Waals surface area contributed by atoms with Crippen LogP contribution in [0, 0.1) is 0 Å². The van der Waals surface area contributed by atoms with Gasteiger partial charge in [0.05, 0.1) is 11.7 Å². The Kier molecular flexibility index (Phi) is 2.30. The smallest absolute Gasteiger partial charge is 0.181 e. The van der Waals surface area contributed by atoms with E-state index in [-0.39, 0.29) is 5.54 Å². The van der Waals surface area contributed by atoms with E-state index in [9.17, 15) is 0 Å². The third kappa shape index (κ3) is 1.76. The highest BCUT2D eigenvalue weighted by Crippen LogP contribution is 2.36. The predicted octanol–water partition coefficient (Wildman–Crippen LogP) is 2.52. The Bertz CT molecular complexity index is 528. The van der Waals surface area contributed by atoms with Crippen molar-refractivity contribution in [2.75, 3.05) is 0 Å². The molecule has 0 unspecified atom stereocenters. The Morgan fingerprint density at radius 3 is 3.06 bits per heavy atom. The van der Waals surface area contributed by atoms with Crippen LogP contribution in [0.4, 0.5) is 0 Å². The highest BCUT2D eigenvalue weighted by molar-refractivity contribution is 9.10. The van der Waals surface area contributed by atoms with Gasteiger partial charge in [-0.3, -0.25) is 4.40 Å². The standard InChI is InChI=1S/C12H14BrN3/c13-11-15-8-10-9(2-1-7-16(10)11)3-4-12(14)5-6-12/h1-2,7-8H,3-6,14H2. The molecule has 0 spiro atoms. The molecule has 2 heterocycles. The molecule has 1 aliphatic rings. The van der Waals surface area contributed by atoms with Crippen LogP contribution in [0.15, 0.2) is 29.3 Å². The monoisotopic (exact) mass is 279 g/mol. The van der Waals surface area contributed by atoms with Crippen molar-refractivity contribution in [1.29, 1.82) is 0 Å². The summed E-state index contributed by atoms with van der Waals surface area (Å²) >= 11 is 3.43. The van der Waals surface area contributed by atoms with E-state index < -0.39 is 0 Å². The molecule has 0 bridgehead atoms. The van der Waals surface area contributed by atoms with Crippen molar-refractivity contribution in [3.05, 3.63) is 34.8 Å². The van der Waals surface area contributed by atoms with E-state index >= 15 is 0 Å². The summed E-state index contributed by atoms with van der Waals surface area (Å²) in [6, 6.07) is 4.22. The van der Waals surface area contributed by atoms with Crippen molar-refractivity contribution in [1.82, 2.24) is 9.38 Å². The SMILES string of the molecule is NC1(CCc2cccn3c(Br)ncc23)CC1. The maximum absolute atomic E-state index is 6.11. The van der Waals surface area contributed by atoms with Gasteiger partial charge in [0, 0.05) is 11.7 Å². The van der Waals surface area contributed by atoms with E-state index in [1.54, 1.807) is 0 Å². The van der Waals surface area contributed by atoms with E-state index in [4.69, 9.17) is 5.73 Å². The molecule has 16 heavy (non-hydrogen) atoms. The number of rotatable bonds is 3. The molecule has 1 saturated carbocycles. The van der Waals surface area contributed by atoms with Crippen molar-refractivity contribution in [2.45, 2.75) is 31.2 Å². The van der Waals surface area contributed by atoms with E-state index in [1.807, 2.05) is 12.4 Å². The normalized spacial score (nSPS) is 17.9. The highest BCUT2D eigenvalue weighted by Gasteiger charge is 2.37. The Labute approximate surface area is 103 Å². The molecule has 3 rings (SSSR count). The number of nitrogens with zero attached hydrogens (tertiary/aromatic N) is 2. The first-order valence-electron chi connectivity index (χ1n) is 5.57. The van der Waals surface area contributed by atoms with E-state index in [0.29, 0.717) is 0 Å². The minimum Gasteiger partial charge on any atom is -0.325 e. The summed E-state index contributed by atoms with van der Waals surface area (Å²) in [5.74, 6) is 0. The van der Waals surface area contributed by atoms with Crippen LogP contribution in [0.3, 0.4) is 0 Å². The van der Waals surface area contributed by atoms with Gasteiger partial charge in [-0.2, -0.15) is 0 Å². The van der Waals surface area contributed by atoms with Gasteiger partial charge in [-0.1, -0.05) is 6.07 Å². The molecule has 0 amide bonds. The van der Waals surface area contributed by atoms with Gasteiger partial charge in [-0.25, -0.2) is 4.98 Å². The molecule has 0 aromatic carbocycles. The second-order valence-electron chi connectivity index (χ2n) is 4.68. The Hall–Kier alpha value is -0.870. The lowest BCUT2D eigenvalue weighted by atomic mass is 10.0. The molecule has 3 nitrogen and oxygen atoms in total. The third-order valence-electron chi connectivity index (χ3n) is 3.40. The lowest BCUT2D eigenvalue weighted by Gasteiger charge is -2.09. The van der Waals surface area contributed by atoms with Gasteiger partial charge in [0.15, 0.2) is 4.73 Å². The fourth-order valence-corrected chi connectivity index (χ4v) is 2.47. The van der Waals surface area contributed by atoms with Gasteiger partial charge < -0.3 is 5.73 Å². The molecule has 84 valence electrons. The maximum atomic E-state index is 6.11. The second-order valence-corrected chi connectivity index (χ2v) is 5.39. The Balaban J connectivity index is 1.90. The minimum atomic E-state index is 0.129. The van der Waals surface area contributed by atoms with Crippen molar-refractivity contribution in [3.8, 4) is 0 Å². The number of fused-ring (bicyclic) bond motifs is 1. The first-order valence-corrected chi connectivity index (χ1v) is 6.37. The summed E-state index contributed by atoms with van der Waals surface area (Å²) < 4.78 is 2.92. The summed E-state index contributed by atoms with van der Waals surface area (Å²) in [6.45, 7) is 0. The molecule has 2 aromatic rings. The molecule has 0 saturated heterocycles. The fraction of sp³-hybridized carbons (Fsp3) is 0.417. The lowest BCUT2D eigenvalue weighted by Crippen LogP contribution is -2.22. The molecule has 2 N–H and O–H groups in total. The van der Waals surface area contributed by atoms with Crippen LogP contribution in [0.2, 0.25) is 0 Å². The van der Waals surface area contributed by atoms with Crippen molar-refractivity contribution >= 4 is 21.4 Å². The molecule has 1 fully saturated rings. The zero-order valence-corrected chi connectivity index (χ0v) is 10.6. The van der Waals surface area contributed by atoms with Crippen LogP contribution < -0.4 is 5.73 Å². The molecule has 1 aliphatic carbocycles. The number of halogens is 1. The first kappa shape index (κ1) is 10.3. The van der Waals surface area contributed by atoms with Gasteiger partial charge in [0.1, 0.15) is 0 Å². The lowest BCUT2D eigenvalue weighted by molar-refractivity contribution is 0.610. The minimum absolute atomic E-state index is 0.129. The Morgan fingerprint density at radius 2 is 2.31 bits per heavy atom. The second kappa shape index (κ2) is 3.57. The molecular formula is C12H14BrN3. The zero-order chi connectivity index (χ0) is 11.2. The van der Waals surface area contributed by atoms with Crippen LogP contribution in [0.1, 0.15) is 24.8 Å².